The first-order chi connectivity index (χ1) is 10.1. The summed E-state index contributed by atoms with van der Waals surface area (Å²) in [6, 6.07) is 1.48. The molecule has 2 aliphatic heterocycles. The monoisotopic (exact) mass is 295 g/mol. The molecule has 2 fully saturated rings. The van der Waals surface area contributed by atoms with E-state index in [1.165, 1.54) is 19.3 Å². The summed E-state index contributed by atoms with van der Waals surface area (Å²) in [4.78, 5) is 17.7. The van der Waals surface area contributed by atoms with Crippen molar-refractivity contribution in [2.75, 3.05) is 19.6 Å². The first kappa shape index (κ1) is 16.8. The number of piperidine rings is 1. The molecule has 4 heteroatoms. The average Bonchev–Trinajstić information content (AvgIpc) is 2.83. The molecule has 2 heterocycles. The number of nitrogens with zero attached hydrogens (tertiary/aromatic N) is 2. The van der Waals surface area contributed by atoms with Crippen molar-refractivity contribution in [2.24, 2.45) is 0 Å². The van der Waals surface area contributed by atoms with E-state index in [2.05, 4.69) is 42.8 Å². The van der Waals surface area contributed by atoms with Crippen LogP contribution in [0.2, 0.25) is 0 Å². The molecule has 0 bridgehead atoms. The third-order valence-electron chi connectivity index (χ3n) is 5.28. The zero-order chi connectivity index (χ0) is 15.4. The highest BCUT2D eigenvalue weighted by atomic mass is 16.2. The number of carbonyl (C=O) groups excluding carboxylic acids is 1. The molecule has 4 unspecified atom stereocenters. The number of likely N-dealkylation sites (tertiary alicyclic amines) is 1. The smallest absolute Gasteiger partial charge is 0.239 e. The molecule has 4 nitrogen and oxygen atoms in total. The van der Waals surface area contributed by atoms with Crippen molar-refractivity contribution in [1.29, 1.82) is 0 Å². The minimum absolute atomic E-state index is 0.0194. The van der Waals surface area contributed by atoms with Crippen LogP contribution >= 0.6 is 0 Å². The van der Waals surface area contributed by atoms with Crippen LogP contribution in [0.1, 0.15) is 59.8 Å². The third-order valence-corrected chi connectivity index (χ3v) is 5.28. The SMILES string of the molecule is CCCN(C(=O)C(C)N1C(C)CCC1C)C1CCCNC1. The summed E-state index contributed by atoms with van der Waals surface area (Å²) >= 11 is 0. The van der Waals surface area contributed by atoms with Gasteiger partial charge in [0.05, 0.1) is 6.04 Å². The molecule has 0 saturated carbocycles. The van der Waals surface area contributed by atoms with E-state index >= 15 is 0 Å². The Morgan fingerprint density at radius 2 is 1.95 bits per heavy atom. The Labute approximate surface area is 130 Å². The van der Waals surface area contributed by atoms with Crippen molar-refractivity contribution in [3.63, 3.8) is 0 Å². The van der Waals surface area contributed by atoms with Crippen molar-refractivity contribution >= 4 is 5.91 Å². The van der Waals surface area contributed by atoms with Crippen molar-refractivity contribution in [3.8, 4) is 0 Å². The second kappa shape index (κ2) is 7.59. The molecule has 2 aliphatic rings. The predicted molar refractivity (Wildman–Crippen MR) is 87.4 cm³/mol. The Kier molecular flexibility index (Phi) is 6.06. The molecule has 21 heavy (non-hydrogen) atoms. The largest absolute Gasteiger partial charge is 0.337 e. The summed E-state index contributed by atoms with van der Waals surface area (Å²) in [5.41, 5.74) is 0. The maximum Gasteiger partial charge on any atom is 0.239 e. The molecule has 0 aromatic rings. The number of amides is 1. The topological polar surface area (TPSA) is 35.6 Å². The van der Waals surface area contributed by atoms with Crippen molar-refractivity contribution in [2.45, 2.75) is 84.0 Å². The molecule has 2 rings (SSSR count). The molecule has 0 aromatic heterocycles. The highest BCUT2D eigenvalue weighted by Crippen LogP contribution is 2.27. The fourth-order valence-electron chi connectivity index (χ4n) is 4.16. The van der Waals surface area contributed by atoms with Crippen LogP contribution in [0, 0.1) is 0 Å². The van der Waals surface area contributed by atoms with Gasteiger partial charge in [-0.15, -0.1) is 0 Å². The van der Waals surface area contributed by atoms with Gasteiger partial charge in [-0.1, -0.05) is 6.92 Å². The van der Waals surface area contributed by atoms with E-state index in [9.17, 15) is 4.79 Å². The van der Waals surface area contributed by atoms with E-state index < -0.39 is 0 Å². The normalized spacial score (nSPS) is 32.1. The lowest BCUT2D eigenvalue weighted by molar-refractivity contribution is -0.140. The fraction of sp³-hybridized carbons (Fsp3) is 0.941. The minimum Gasteiger partial charge on any atom is -0.337 e. The maximum absolute atomic E-state index is 13.1. The first-order valence-corrected chi connectivity index (χ1v) is 8.84. The predicted octanol–water partition coefficient (Wildman–Crippen LogP) is 2.24. The molecule has 0 spiro atoms. The Bertz CT molecular complexity index is 331. The highest BCUT2D eigenvalue weighted by molar-refractivity contribution is 5.82. The molecule has 0 aromatic carbocycles. The second-order valence-electron chi connectivity index (χ2n) is 6.93. The second-order valence-corrected chi connectivity index (χ2v) is 6.93. The summed E-state index contributed by atoms with van der Waals surface area (Å²) in [7, 11) is 0. The fourth-order valence-corrected chi connectivity index (χ4v) is 4.16. The van der Waals surface area contributed by atoms with Gasteiger partial charge in [0.1, 0.15) is 0 Å². The van der Waals surface area contributed by atoms with Crippen LogP contribution < -0.4 is 5.32 Å². The number of hydrogen-bond donors (Lipinski definition) is 1. The van der Waals surface area contributed by atoms with Gasteiger partial charge in [-0.25, -0.2) is 0 Å². The molecular weight excluding hydrogens is 262 g/mol. The van der Waals surface area contributed by atoms with Crippen LogP contribution in [-0.2, 0) is 4.79 Å². The molecule has 0 aliphatic carbocycles. The van der Waals surface area contributed by atoms with Crippen LogP contribution in [0.3, 0.4) is 0 Å². The quantitative estimate of drug-likeness (QED) is 0.845. The molecule has 1 amide bonds. The van der Waals surface area contributed by atoms with Gasteiger partial charge in [-0.05, 0) is 59.4 Å². The maximum atomic E-state index is 13.1. The Hall–Kier alpha value is -0.610. The van der Waals surface area contributed by atoms with Gasteiger partial charge >= 0.3 is 0 Å². The van der Waals surface area contributed by atoms with Gasteiger partial charge in [-0.3, -0.25) is 9.69 Å². The third kappa shape index (κ3) is 3.78. The summed E-state index contributed by atoms with van der Waals surface area (Å²) < 4.78 is 0. The Balaban J connectivity index is 2.06. The molecule has 0 radical (unpaired) electrons. The van der Waals surface area contributed by atoms with E-state index in [1.807, 2.05) is 0 Å². The standard InChI is InChI=1S/C17H33N3O/c1-5-11-19(16-7-6-10-18-12-16)17(21)15(4)20-13(2)8-9-14(20)3/h13-16,18H,5-12H2,1-4H3. The van der Waals surface area contributed by atoms with E-state index in [-0.39, 0.29) is 6.04 Å². The van der Waals surface area contributed by atoms with Crippen LogP contribution in [0.4, 0.5) is 0 Å². The van der Waals surface area contributed by atoms with Crippen LogP contribution in [-0.4, -0.2) is 59.5 Å². The van der Waals surface area contributed by atoms with E-state index in [0.717, 1.165) is 32.5 Å². The Morgan fingerprint density at radius 1 is 1.29 bits per heavy atom. The van der Waals surface area contributed by atoms with Crippen molar-refractivity contribution in [1.82, 2.24) is 15.1 Å². The molecule has 1 N–H and O–H groups in total. The zero-order valence-electron chi connectivity index (χ0n) is 14.3. The van der Waals surface area contributed by atoms with E-state index in [1.54, 1.807) is 0 Å². The minimum atomic E-state index is 0.0194. The molecule has 4 atom stereocenters. The van der Waals surface area contributed by atoms with E-state index in [0.29, 0.717) is 24.0 Å². The molecule has 122 valence electrons. The van der Waals surface area contributed by atoms with Gasteiger partial charge in [0.25, 0.3) is 0 Å². The van der Waals surface area contributed by atoms with Crippen LogP contribution in [0.25, 0.3) is 0 Å². The number of rotatable bonds is 5. The van der Waals surface area contributed by atoms with Gasteiger partial charge in [0, 0.05) is 31.2 Å². The Morgan fingerprint density at radius 3 is 2.48 bits per heavy atom. The molecule has 2 saturated heterocycles. The van der Waals surface area contributed by atoms with Crippen LogP contribution in [0.5, 0.6) is 0 Å². The average molecular weight is 295 g/mol. The highest BCUT2D eigenvalue weighted by Gasteiger charge is 2.37. The van der Waals surface area contributed by atoms with Gasteiger partial charge in [0.2, 0.25) is 5.91 Å². The van der Waals surface area contributed by atoms with Gasteiger partial charge in [-0.2, -0.15) is 0 Å². The number of carbonyl (C=O) groups is 1. The lowest BCUT2D eigenvalue weighted by atomic mass is 10.0. The lowest BCUT2D eigenvalue weighted by Crippen LogP contribution is -2.56. The number of hydrogen-bond acceptors (Lipinski definition) is 3. The van der Waals surface area contributed by atoms with Crippen molar-refractivity contribution in [3.05, 3.63) is 0 Å². The lowest BCUT2D eigenvalue weighted by Gasteiger charge is -2.40. The summed E-state index contributed by atoms with van der Waals surface area (Å²) in [6.45, 7) is 11.8. The zero-order valence-corrected chi connectivity index (χ0v) is 14.3. The van der Waals surface area contributed by atoms with E-state index in [4.69, 9.17) is 0 Å². The van der Waals surface area contributed by atoms with Crippen molar-refractivity contribution < 1.29 is 4.79 Å². The number of nitrogens with one attached hydrogen (secondary N) is 1. The first-order valence-electron chi connectivity index (χ1n) is 8.84. The summed E-state index contributed by atoms with van der Waals surface area (Å²) in [5.74, 6) is 0.339. The van der Waals surface area contributed by atoms with Crippen LogP contribution in [0.15, 0.2) is 0 Å². The van der Waals surface area contributed by atoms with Gasteiger partial charge < -0.3 is 10.2 Å². The van der Waals surface area contributed by atoms with Gasteiger partial charge in [0.15, 0.2) is 0 Å². The summed E-state index contributed by atoms with van der Waals surface area (Å²) in [6.07, 6.45) is 5.81. The molecular formula is C17H33N3O. The summed E-state index contributed by atoms with van der Waals surface area (Å²) in [5, 5.41) is 3.45.